The Morgan fingerprint density at radius 1 is 0.316 bits per heavy atom. The van der Waals surface area contributed by atoms with E-state index in [9.17, 15) is 14.7 Å². The number of hydrogen-bond acceptors (Lipinski definition) is 5. The van der Waals surface area contributed by atoms with Gasteiger partial charge in [0.25, 0.3) is 0 Å². The SMILES string of the molecule is CC/C=C\C/C=C\C/C=C\C/C=C\CCCCCCCCCCCCCCCCCCCCCCCCCCCCC(=O)OC(CO)COC(=O)CCCCCCCCCCCCC/C=C\CCCCCCCCCC. The third-order valence-corrected chi connectivity index (χ3v) is 15.3. The molecule has 0 bridgehead atoms. The highest BCUT2D eigenvalue weighted by atomic mass is 16.6. The zero-order valence-electron chi connectivity index (χ0n) is 51.0. The molecule has 1 atom stereocenters. The van der Waals surface area contributed by atoms with Gasteiger partial charge in [-0.1, -0.05) is 331 Å². The van der Waals surface area contributed by atoms with Gasteiger partial charge in [0.2, 0.25) is 0 Å². The Morgan fingerprint density at radius 3 is 0.868 bits per heavy atom. The predicted octanol–water partition coefficient (Wildman–Crippen LogP) is 23.3. The molecule has 5 heteroatoms. The normalized spacial score (nSPS) is 12.5. The molecule has 0 saturated carbocycles. The van der Waals surface area contributed by atoms with Crippen molar-refractivity contribution in [1.82, 2.24) is 0 Å². The minimum atomic E-state index is -0.771. The average Bonchev–Trinajstić information content (AvgIpc) is 3.42. The Kier molecular flexibility index (Phi) is 64.8. The summed E-state index contributed by atoms with van der Waals surface area (Å²) >= 11 is 0. The summed E-state index contributed by atoms with van der Waals surface area (Å²) in [5.41, 5.74) is 0. The van der Waals surface area contributed by atoms with E-state index in [1.165, 1.54) is 270 Å². The van der Waals surface area contributed by atoms with Crippen LogP contribution in [-0.2, 0) is 19.1 Å². The summed E-state index contributed by atoms with van der Waals surface area (Å²) in [6.45, 7) is 4.08. The average molecular weight is 1060 g/mol. The maximum Gasteiger partial charge on any atom is 0.306 e. The van der Waals surface area contributed by atoms with Gasteiger partial charge in [0.1, 0.15) is 6.61 Å². The van der Waals surface area contributed by atoms with E-state index in [-0.39, 0.29) is 25.2 Å². The number of esters is 2. The van der Waals surface area contributed by atoms with E-state index in [0.29, 0.717) is 12.8 Å². The zero-order chi connectivity index (χ0) is 54.8. The third-order valence-electron chi connectivity index (χ3n) is 15.3. The van der Waals surface area contributed by atoms with Gasteiger partial charge < -0.3 is 14.6 Å². The molecule has 0 rings (SSSR count). The lowest BCUT2D eigenvalue weighted by Crippen LogP contribution is -2.28. The second-order valence-electron chi connectivity index (χ2n) is 22.9. The fourth-order valence-corrected chi connectivity index (χ4v) is 10.3. The van der Waals surface area contributed by atoms with Crippen molar-refractivity contribution in [1.29, 1.82) is 0 Å². The smallest absolute Gasteiger partial charge is 0.306 e. The fraction of sp³-hybridized carbons (Fsp3) is 0.831. The summed E-state index contributed by atoms with van der Waals surface area (Å²) < 4.78 is 10.8. The molecule has 0 aliphatic carbocycles. The number of aliphatic hydroxyl groups excluding tert-OH is 1. The summed E-state index contributed by atoms with van der Waals surface area (Å²) in [6.07, 6.45) is 91.1. The fourth-order valence-electron chi connectivity index (χ4n) is 10.3. The lowest BCUT2D eigenvalue weighted by atomic mass is 10.0. The van der Waals surface area contributed by atoms with Crippen molar-refractivity contribution in [2.45, 2.75) is 367 Å². The van der Waals surface area contributed by atoms with E-state index < -0.39 is 6.10 Å². The van der Waals surface area contributed by atoms with Gasteiger partial charge >= 0.3 is 11.9 Å². The lowest BCUT2D eigenvalue weighted by Gasteiger charge is -2.15. The topological polar surface area (TPSA) is 72.8 Å². The molecule has 0 spiro atoms. The first-order chi connectivity index (χ1) is 37.6. The van der Waals surface area contributed by atoms with Gasteiger partial charge in [0.05, 0.1) is 6.61 Å². The van der Waals surface area contributed by atoms with Crippen molar-refractivity contribution < 1.29 is 24.2 Å². The van der Waals surface area contributed by atoms with Crippen LogP contribution in [0.1, 0.15) is 361 Å². The Bertz CT molecular complexity index is 1300. The van der Waals surface area contributed by atoms with Crippen LogP contribution < -0.4 is 0 Å². The molecule has 444 valence electrons. The molecule has 0 aromatic carbocycles. The van der Waals surface area contributed by atoms with Crippen LogP contribution in [0.2, 0.25) is 0 Å². The van der Waals surface area contributed by atoms with Crippen LogP contribution in [-0.4, -0.2) is 36.4 Å². The molecule has 0 radical (unpaired) electrons. The monoisotopic (exact) mass is 1060 g/mol. The molecule has 0 amide bonds. The van der Waals surface area contributed by atoms with Gasteiger partial charge in [-0.25, -0.2) is 0 Å². The molecule has 76 heavy (non-hydrogen) atoms. The van der Waals surface area contributed by atoms with E-state index in [1.807, 2.05) is 0 Å². The summed E-state index contributed by atoms with van der Waals surface area (Å²) in [4.78, 5) is 24.6. The highest BCUT2D eigenvalue weighted by Gasteiger charge is 2.16. The highest BCUT2D eigenvalue weighted by Crippen LogP contribution is 2.18. The number of carbonyl (C=O) groups is 2. The third kappa shape index (κ3) is 64.1. The van der Waals surface area contributed by atoms with Crippen molar-refractivity contribution in [2.24, 2.45) is 0 Å². The standard InChI is InChI=1S/C71H130O5/c1-3-5-7-9-11-13-15-17-19-21-23-25-27-28-29-30-31-32-33-34-35-36-37-38-39-40-41-42-44-46-48-50-52-54-56-58-60-62-64-66-71(74)76-69(67-72)68-75-70(73)65-63-61-59-57-55-53-51-49-47-45-43-26-24-22-20-18-16-14-12-10-8-6-4-2/h5,7,11,13,17,19,22-25,69,72H,3-4,6,8-10,12,14-16,18,20-21,26-68H2,1-2H3/b7-5-,13-11-,19-17-,24-22-,25-23-. The van der Waals surface area contributed by atoms with E-state index in [2.05, 4.69) is 74.6 Å². The van der Waals surface area contributed by atoms with Gasteiger partial charge in [0, 0.05) is 12.8 Å². The van der Waals surface area contributed by atoms with E-state index >= 15 is 0 Å². The molecule has 0 saturated heterocycles. The van der Waals surface area contributed by atoms with Crippen LogP contribution >= 0.6 is 0 Å². The van der Waals surface area contributed by atoms with Gasteiger partial charge in [-0.05, 0) is 77.0 Å². The first kappa shape index (κ1) is 73.6. The zero-order valence-corrected chi connectivity index (χ0v) is 51.0. The molecular weight excluding hydrogens is 933 g/mol. The molecule has 0 fully saturated rings. The second kappa shape index (κ2) is 66.9. The Hall–Kier alpha value is -2.40. The van der Waals surface area contributed by atoms with E-state index in [1.54, 1.807) is 0 Å². The minimum Gasteiger partial charge on any atom is -0.462 e. The number of allylic oxidation sites excluding steroid dienone is 10. The molecule has 5 nitrogen and oxygen atoms in total. The first-order valence-corrected chi connectivity index (χ1v) is 33.8. The van der Waals surface area contributed by atoms with E-state index in [4.69, 9.17) is 9.47 Å². The van der Waals surface area contributed by atoms with Crippen molar-refractivity contribution in [3.05, 3.63) is 60.8 Å². The number of hydrogen-bond donors (Lipinski definition) is 1. The van der Waals surface area contributed by atoms with Crippen molar-refractivity contribution in [2.75, 3.05) is 13.2 Å². The predicted molar refractivity (Wildman–Crippen MR) is 334 cm³/mol. The lowest BCUT2D eigenvalue weighted by molar-refractivity contribution is -0.161. The summed E-state index contributed by atoms with van der Waals surface area (Å²) in [5, 5.41) is 9.69. The minimum absolute atomic E-state index is 0.0615. The van der Waals surface area contributed by atoms with Crippen LogP contribution in [0.25, 0.3) is 0 Å². The Morgan fingerprint density at radius 2 is 0.566 bits per heavy atom. The first-order valence-electron chi connectivity index (χ1n) is 33.8. The summed E-state index contributed by atoms with van der Waals surface area (Å²) in [6, 6.07) is 0. The number of aliphatic hydroxyl groups is 1. The Balaban J connectivity index is 3.39. The van der Waals surface area contributed by atoms with Gasteiger partial charge in [-0.3, -0.25) is 9.59 Å². The molecule has 1 unspecified atom stereocenters. The van der Waals surface area contributed by atoms with E-state index in [0.717, 1.165) is 64.2 Å². The van der Waals surface area contributed by atoms with Gasteiger partial charge in [0.15, 0.2) is 6.10 Å². The summed E-state index contributed by atoms with van der Waals surface area (Å²) in [5.74, 6) is -0.571. The van der Waals surface area contributed by atoms with Crippen molar-refractivity contribution >= 4 is 11.9 Å². The molecule has 0 aliphatic heterocycles. The van der Waals surface area contributed by atoms with Crippen molar-refractivity contribution in [3.8, 4) is 0 Å². The Labute approximate surface area is 474 Å². The molecule has 0 aliphatic rings. The molecule has 0 aromatic rings. The van der Waals surface area contributed by atoms with Crippen LogP contribution in [0.4, 0.5) is 0 Å². The maximum absolute atomic E-state index is 12.4. The second-order valence-corrected chi connectivity index (χ2v) is 22.9. The highest BCUT2D eigenvalue weighted by molar-refractivity contribution is 5.70. The summed E-state index contributed by atoms with van der Waals surface area (Å²) in [7, 11) is 0. The quantitative estimate of drug-likeness (QED) is 0.0373. The molecule has 0 heterocycles. The van der Waals surface area contributed by atoms with Gasteiger partial charge in [-0.15, -0.1) is 0 Å². The number of rotatable bonds is 63. The molecule has 1 N–H and O–H groups in total. The number of ether oxygens (including phenoxy) is 2. The van der Waals surface area contributed by atoms with Crippen LogP contribution in [0.3, 0.4) is 0 Å². The van der Waals surface area contributed by atoms with Gasteiger partial charge in [-0.2, -0.15) is 0 Å². The number of carbonyl (C=O) groups excluding carboxylic acids is 2. The largest absolute Gasteiger partial charge is 0.462 e. The van der Waals surface area contributed by atoms with Crippen LogP contribution in [0.5, 0.6) is 0 Å². The molecule has 0 aromatic heterocycles. The maximum atomic E-state index is 12.4. The molecular formula is C71H130O5. The van der Waals surface area contributed by atoms with Crippen molar-refractivity contribution in [3.63, 3.8) is 0 Å². The van der Waals surface area contributed by atoms with Crippen LogP contribution in [0.15, 0.2) is 60.8 Å². The number of unbranched alkanes of at least 4 members (excludes halogenated alkanes) is 45. The van der Waals surface area contributed by atoms with Crippen LogP contribution in [0, 0.1) is 0 Å².